The fourth-order valence-corrected chi connectivity index (χ4v) is 4.44. The van der Waals surface area contributed by atoms with E-state index in [0.717, 1.165) is 23.1 Å². The number of hydrogen-bond donors (Lipinski definition) is 2. The zero-order chi connectivity index (χ0) is 25.4. The predicted molar refractivity (Wildman–Crippen MR) is 126 cm³/mol. The van der Waals surface area contributed by atoms with Crippen LogP contribution in [0.1, 0.15) is 17.2 Å². The molecular weight excluding hydrogens is 528 g/mol. The van der Waals surface area contributed by atoms with E-state index in [1.807, 2.05) is 0 Å². The molecule has 1 aliphatic rings. The minimum Gasteiger partial charge on any atom is -0.507 e. The van der Waals surface area contributed by atoms with Crippen molar-refractivity contribution in [2.45, 2.75) is 6.04 Å². The standard InChI is InChI=1S/C25H18BrF2NO6/c1-34-19-7-4-13(9-15(19)26)23(31)21-22(12-3-8-20(35-2)18(30)10-12)29(25(33)24(21)32)14-5-6-16(27)17(28)11-14/h3-11,22,30-31H,1-2H3/b23-21+. The number of amides is 1. The van der Waals surface area contributed by atoms with Crippen LogP contribution in [0.5, 0.6) is 17.2 Å². The van der Waals surface area contributed by atoms with E-state index >= 15 is 0 Å². The van der Waals surface area contributed by atoms with Gasteiger partial charge in [0.05, 0.1) is 30.3 Å². The molecule has 4 rings (SSSR count). The molecule has 7 nitrogen and oxygen atoms in total. The van der Waals surface area contributed by atoms with Crippen molar-refractivity contribution in [3.8, 4) is 17.2 Å². The van der Waals surface area contributed by atoms with Crippen LogP contribution in [0, 0.1) is 11.6 Å². The van der Waals surface area contributed by atoms with E-state index in [0.29, 0.717) is 10.2 Å². The Kier molecular flexibility index (Phi) is 6.49. The van der Waals surface area contributed by atoms with Gasteiger partial charge in [0.25, 0.3) is 11.7 Å². The Labute approximate surface area is 207 Å². The van der Waals surface area contributed by atoms with Crippen LogP contribution in [0.15, 0.2) is 64.6 Å². The molecule has 1 fully saturated rings. The summed E-state index contributed by atoms with van der Waals surface area (Å²) in [5.74, 6) is -4.64. The van der Waals surface area contributed by atoms with E-state index < -0.39 is 35.1 Å². The molecule has 1 unspecified atom stereocenters. The number of Topliss-reactive ketones (excluding diaryl/α,β-unsaturated/α-hetero) is 1. The van der Waals surface area contributed by atoms with Gasteiger partial charge in [-0.3, -0.25) is 14.5 Å². The molecule has 1 amide bonds. The SMILES string of the molecule is COc1ccc(C2/C(=C(\O)c3ccc(OC)c(Br)c3)C(=O)C(=O)N2c2ccc(F)c(F)c2)cc1O. The predicted octanol–water partition coefficient (Wildman–Crippen LogP) is 5.08. The summed E-state index contributed by atoms with van der Waals surface area (Å²) in [6.07, 6.45) is 0. The lowest BCUT2D eigenvalue weighted by molar-refractivity contribution is -0.132. The number of rotatable bonds is 5. The summed E-state index contributed by atoms with van der Waals surface area (Å²) in [5, 5.41) is 21.5. The Hall–Kier alpha value is -3.92. The van der Waals surface area contributed by atoms with Gasteiger partial charge in [-0.25, -0.2) is 8.78 Å². The number of anilines is 1. The fraction of sp³-hybridized carbons (Fsp3) is 0.120. The number of hydrogen-bond acceptors (Lipinski definition) is 6. The van der Waals surface area contributed by atoms with Crippen LogP contribution in [-0.4, -0.2) is 36.1 Å². The summed E-state index contributed by atoms with van der Waals surface area (Å²) in [4.78, 5) is 27.2. The van der Waals surface area contributed by atoms with Gasteiger partial charge in [0, 0.05) is 17.3 Å². The maximum atomic E-state index is 14.1. The molecule has 0 spiro atoms. The zero-order valence-corrected chi connectivity index (χ0v) is 20.0. The molecule has 1 atom stereocenters. The smallest absolute Gasteiger partial charge is 0.300 e. The van der Waals surface area contributed by atoms with Gasteiger partial charge >= 0.3 is 0 Å². The highest BCUT2D eigenvalue weighted by molar-refractivity contribution is 9.10. The van der Waals surface area contributed by atoms with Crippen molar-refractivity contribution in [3.05, 3.63) is 87.4 Å². The zero-order valence-electron chi connectivity index (χ0n) is 18.4. The third kappa shape index (κ3) is 4.21. The molecule has 0 bridgehead atoms. The van der Waals surface area contributed by atoms with Crippen LogP contribution < -0.4 is 14.4 Å². The van der Waals surface area contributed by atoms with E-state index in [9.17, 15) is 28.6 Å². The van der Waals surface area contributed by atoms with Crippen molar-refractivity contribution in [2.24, 2.45) is 0 Å². The maximum Gasteiger partial charge on any atom is 0.300 e. The molecule has 1 aliphatic heterocycles. The second-order valence-electron chi connectivity index (χ2n) is 7.55. The molecule has 10 heteroatoms. The summed E-state index contributed by atoms with van der Waals surface area (Å²) >= 11 is 3.31. The van der Waals surface area contributed by atoms with Crippen LogP contribution in [0.2, 0.25) is 0 Å². The summed E-state index contributed by atoms with van der Waals surface area (Å²) in [5.41, 5.74) is 0.00712. The highest BCUT2D eigenvalue weighted by Crippen LogP contribution is 2.44. The van der Waals surface area contributed by atoms with Gasteiger partial charge in [-0.15, -0.1) is 0 Å². The lowest BCUT2D eigenvalue weighted by Crippen LogP contribution is -2.29. The van der Waals surface area contributed by atoms with Crippen LogP contribution >= 0.6 is 15.9 Å². The van der Waals surface area contributed by atoms with Crippen LogP contribution in [0.3, 0.4) is 0 Å². The molecule has 2 N–H and O–H groups in total. The Balaban J connectivity index is 1.96. The molecule has 3 aromatic rings. The number of ether oxygens (including phenoxy) is 2. The third-order valence-electron chi connectivity index (χ3n) is 5.57. The van der Waals surface area contributed by atoms with E-state index in [1.54, 1.807) is 6.07 Å². The maximum absolute atomic E-state index is 14.1. The third-order valence-corrected chi connectivity index (χ3v) is 6.19. The number of halogens is 3. The number of aromatic hydroxyl groups is 1. The highest BCUT2D eigenvalue weighted by atomic mass is 79.9. The normalized spacial score (nSPS) is 17.1. The largest absolute Gasteiger partial charge is 0.507 e. The number of nitrogens with zero attached hydrogens (tertiary/aromatic N) is 1. The van der Waals surface area contributed by atoms with E-state index in [1.165, 1.54) is 44.6 Å². The van der Waals surface area contributed by atoms with Gasteiger partial charge in [0.1, 0.15) is 11.5 Å². The monoisotopic (exact) mass is 545 g/mol. The molecule has 0 saturated carbocycles. The number of phenols is 1. The number of aliphatic hydroxyl groups is 1. The minimum atomic E-state index is -1.27. The molecule has 0 aromatic heterocycles. The van der Waals surface area contributed by atoms with Crippen LogP contribution in [0.4, 0.5) is 14.5 Å². The van der Waals surface area contributed by atoms with Gasteiger partial charge < -0.3 is 19.7 Å². The van der Waals surface area contributed by atoms with Crippen molar-refractivity contribution >= 4 is 39.1 Å². The van der Waals surface area contributed by atoms with E-state index in [-0.39, 0.29) is 33.9 Å². The molecule has 35 heavy (non-hydrogen) atoms. The molecule has 0 aliphatic carbocycles. The van der Waals surface area contributed by atoms with Crippen molar-refractivity contribution in [1.82, 2.24) is 0 Å². The van der Waals surface area contributed by atoms with Gasteiger partial charge in [-0.1, -0.05) is 6.07 Å². The number of benzene rings is 3. The summed E-state index contributed by atoms with van der Waals surface area (Å²) in [7, 11) is 2.81. The molecule has 1 heterocycles. The number of aliphatic hydroxyl groups excluding tert-OH is 1. The van der Waals surface area contributed by atoms with Crippen molar-refractivity contribution in [1.29, 1.82) is 0 Å². The number of carbonyl (C=O) groups is 2. The summed E-state index contributed by atoms with van der Waals surface area (Å²) < 4.78 is 38.4. The Bertz CT molecular complexity index is 1390. The first kappa shape index (κ1) is 24.2. The van der Waals surface area contributed by atoms with Gasteiger partial charge in [0.2, 0.25) is 0 Å². The highest BCUT2D eigenvalue weighted by Gasteiger charge is 2.47. The second-order valence-corrected chi connectivity index (χ2v) is 8.40. The average molecular weight is 546 g/mol. The lowest BCUT2D eigenvalue weighted by atomic mass is 9.94. The Morgan fingerprint density at radius 1 is 0.943 bits per heavy atom. The van der Waals surface area contributed by atoms with Gasteiger partial charge in [-0.2, -0.15) is 0 Å². The van der Waals surface area contributed by atoms with Crippen molar-refractivity contribution in [2.75, 3.05) is 19.1 Å². The summed E-state index contributed by atoms with van der Waals surface area (Å²) in [6, 6.07) is 10.2. The van der Waals surface area contributed by atoms with E-state index in [4.69, 9.17) is 9.47 Å². The number of methoxy groups -OCH3 is 2. The molecule has 3 aromatic carbocycles. The van der Waals surface area contributed by atoms with Gasteiger partial charge in [-0.05, 0) is 64.0 Å². The van der Waals surface area contributed by atoms with Crippen LogP contribution in [0.25, 0.3) is 5.76 Å². The molecule has 0 radical (unpaired) electrons. The fourth-order valence-electron chi connectivity index (χ4n) is 3.90. The Morgan fingerprint density at radius 3 is 2.23 bits per heavy atom. The first-order valence-corrected chi connectivity index (χ1v) is 10.9. The quantitative estimate of drug-likeness (QED) is 0.264. The molecule has 180 valence electrons. The number of carbonyl (C=O) groups excluding carboxylic acids is 2. The molecule has 1 saturated heterocycles. The second kappa shape index (κ2) is 9.38. The minimum absolute atomic E-state index is 0.110. The number of phenolic OH excluding ortho intramolecular Hbond substituents is 1. The topological polar surface area (TPSA) is 96.3 Å². The van der Waals surface area contributed by atoms with Crippen molar-refractivity contribution in [3.63, 3.8) is 0 Å². The average Bonchev–Trinajstić information content (AvgIpc) is 3.10. The summed E-state index contributed by atoms with van der Waals surface area (Å²) in [6.45, 7) is 0. The number of ketones is 1. The Morgan fingerprint density at radius 2 is 1.63 bits per heavy atom. The molecular formula is C25H18BrF2NO6. The lowest BCUT2D eigenvalue weighted by Gasteiger charge is -2.26. The van der Waals surface area contributed by atoms with Crippen molar-refractivity contribution < 1.29 is 38.1 Å². The van der Waals surface area contributed by atoms with Crippen LogP contribution in [-0.2, 0) is 9.59 Å². The first-order valence-electron chi connectivity index (χ1n) is 10.1. The first-order chi connectivity index (χ1) is 16.7. The van der Waals surface area contributed by atoms with Gasteiger partial charge in [0.15, 0.2) is 23.1 Å². The van der Waals surface area contributed by atoms with E-state index in [2.05, 4.69) is 15.9 Å².